The summed E-state index contributed by atoms with van der Waals surface area (Å²) >= 11 is 0. The highest BCUT2D eigenvalue weighted by atomic mass is 32.2. The van der Waals surface area contributed by atoms with Crippen molar-refractivity contribution in [2.45, 2.75) is 30.3 Å². The summed E-state index contributed by atoms with van der Waals surface area (Å²) < 4.78 is 37.5. The number of carbonyl (C=O) groups is 1. The predicted molar refractivity (Wildman–Crippen MR) is 91.5 cm³/mol. The molecule has 0 aliphatic carbocycles. The SMILES string of the molecule is CCc1noc([C@@]2(O)CCN(S(=O)(=O)c3ccc4c(c3)NC(=O)CO4)C2)n1. The number of nitrogens with zero attached hydrogens (tertiary/aromatic N) is 3. The van der Waals surface area contributed by atoms with Crippen molar-refractivity contribution in [1.29, 1.82) is 0 Å². The van der Waals surface area contributed by atoms with E-state index in [1.807, 2.05) is 6.92 Å². The minimum absolute atomic E-state index is 0.00363. The van der Waals surface area contributed by atoms with Gasteiger partial charge in [0, 0.05) is 19.4 Å². The van der Waals surface area contributed by atoms with Crippen molar-refractivity contribution in [3.05, 3.63) is 29.9 Å². The van der Waals surface area contributed by atoms with Crippen LogP contribution in [0.3, 0.4) is 0 Å². The average molecular weight is 394 g/mol. The number of carbonyl (C=O) groups excluding carboxylic acids is 1. The van der Waals surface area contributed by atoms with Crippen LogP contribution in [0.25, 0.3) is 0 Å². The Morgan fingerprint density at radius 2 is 2.22 bits per heavy atom. The number of aliphatic hydroxyl groups is 1. The van der Waals surface area contributed by atoms with E-state index >= 15 is 0 Å². The molecule has 0 spiro atoms. The molecular formula is C16H18N4O6S. The van der Waals surface area contributed by atoms with Crippen molar-refractivity contribution in [3.63, 3.8) is 0 Å². The van der Waals surface area contributed by atoms with Gasteiger partial charge in [0.2, 0.25) is 10.0 Å². The van der Waals surface area contributed by atoms with E-state index in [2.05, 4.69) is 15.5 Å². The zero-order valence-corrected chi connectivity index (χ0v) is 15.3. The van der Waals surface area contributed by atoms with Gasteiger partial charge in [-0.05, 0) is 18.2 Å². The number of hydrogen-bond acceptors (Lipinski definition) is 8. The lowest BCUT2D eigenvalue weighted by atomic mass is 10.0. The molecule has 2 aromatic rings. The third-order valence-electron chi connectivity index (χ3n) is 4.62. The second kappa shape index (κ2) is 6.29. The van der Waals surface area contributed by atoms with E-state index in [0.29, 0.717) is 23.7 Å². The molecule has 2 N–H and O–H groups in total. The maximum Gasteiger partial charge on any atom is 0.262 e. The minimum Gasteiger partial charge on any atom is -0.482 e. The number of fused-ring (bicyclic) bond motifs is 1. The Bertz CT molecular complexity index is 1000. The summed E-state index contributed by atoms with van der Waals surface area (Å²) in [5, 5.41) is 17.1. The van der Waals surface area contributed by atoms with Crippen LogP contribution in [-0.4, -0.2) is 53.6 Å². The lowest BCUT2D eigenvalue weighted by molar-refractivity contribution is -0.118. The maximum absolute atomic E-state index is 13.0. The predicted octanol–water partition coefficient (Wildman–Crippen LogP) is 0.245. The summed E-state index contributed by atoms with van der Waals surface area (Å²) in [4.78, 5) is 15.6. The first-order valence-electron chi connectivity index (χ1n) is 8.44. The molecule has 1 amide bonds. The molecule has 1 fully saturated rings. The number of aryl methyl sites for hydroxylation is 1. The third kappa shape index (κ3) is 3.07. The molecule has 2 aliphatic heterocycles. The lowest BCUT2D eigenvalue weighted by Gasteiger charge is -2.22. The molecule has 11 heteroatoms. The average Bonchev–Trinajstić information content (AvgIpc) is 3.29. The van der Waals surface area contributed by atoms with Gasteiger partial charge in [0.1, 0.15) is 5.75 Å². The molecule has 2 aliphatic rings. The first-order valence-corrected chi connectivity index (χ1v) is 9.88. The van der Waals surface area contributed by atoms with Gasteiger partial charge in [-0.15, -0.1) is 0 Å². The largest absolute Gasteiger partial charge is 0.482 e. The number of anilines is 1. The second-order valence-electron chi connectivity index (χ2n) is 6.48. The van der Waals surface area contributed by atoms with Crippen LogP contribution in [0.15, 0.2) is 27.6 Å². The van der Waals surface area contributed by atoms with Crippen LogP contribution >= 0.6 is 0 Å². The van der Waals surface area contributed by atoms with Crippen molar-refractivity contribution >= 4 is 21.6 Å². The summed E-state index contributed by atoms with van der Waals surface area (Å²) in [6.45, 7) is 1.65. The fraction of sp³-hybridized carbons (Fsp3) is 0.438. The zero-order valence-electron chi connectivity index (χ0n) is 14.5. The van der Waals surface area contributed by atoms with Gasteiger partial charge in [-0.2, -0.15) is 9.29 Å². The van der Waals surface area contributed by atoms with Crippen LogP contribution in [0.5, 0.6) is 5.75 Å². The van der Waals surface area contributed by atoms with E-state index < -0.39 is 15.6 Å². The molecule has 10 nitrogen and oxygen atoms in total. The Morgan fingerprint density at radius 3 is 2.96 bits per heavy atom. The smallest absolute Gasteiger partial charge is 0.262 e. The second-order valence-corrected chi connectivity index (χ2v) is 8.42. The van der Waals surface area contributed by atoms with Gasteiger partial charge in [0.25, 0.3) is 11.8 Å². The molecule has 1 atom stereocenters. The van der Waals surface area contributed by atoms with Crippen LogP contribution < -0.4 is 10.1 Å². The summed E-state index contributed by atoms with van der Waals surface area (Å²) in [5.74, 6) is 0.522. The summed E-state index contributed by atoms with van der Waals surface area (Å²) in [6.07, 6.45) is 0.687. The Hall–Kier alpha value is -2.50. The van der Waals surface area contributed by atoms with E-state index in [0.717, 1.165) is 4.31 Å². The molecule has 0 saturated carbocycles. The Labute approximate surface area is 155 Å². The van der Waals surface area contributed by atoms with Gasteiger partial charge in [-0.3, -0.25) is 4.79 Å². The van der Waals surface area contributed by atoms with Crippen LogP contribution in [0.2, 0.25) is 0 Å². The molecule has 3 heterocycles. The maximum atomic E-state index is 13.0. The first-order chi connectivity index (χ1) is 12.8. The monoisotopic (exact) mass is 394 g/mol. The minimum atomic E-state index is -3.89. The molecule has 1 aromatic heterocycles. The number of hydrogen-bond donors (Lipinski definition) is 2. The normalized spacial score (nSPS) is 23.0. The van der Waals surface area contributed by atoms with Crippen molar-refractivity contribution in [2.24, 2.45) is 0 Å². The number of rotatable bonds is 4. The fourth-order valence-corrected chi connectivity index (χ4v) is 4.62. The van der Waals surface area contributed by atoms with E-state index in [1.165, 1.54) is 18.2 Å². The van der Waals surface area contributed by atoms with Gasteiger partial charge in [0.05, 0.1) is 17.1 Å². The highest BCUT2D eigenvalue weighted by Gasteiger charge is 2.46. The number of benzene rings is 1. The van der Waals surface area contributed by atoms with Gasteiger partial charge < -0.3 is 19.7 Å². The highest BCUT2D eigenvalue weighted by molar-refractivity contribution is 7.89. The summed E-state index contributed by atoms with van der Waals surface area (Å²) in [7, 11) is -3.89. The van der Waals surface area contributed by atoms with E-state index in [-0.39, 0.29) is 42.8 Å². The molecule has 0 radical (unpaired) electrons. The molecule has 1 aromatic carbocycles. The summed E-state index contributed by atoms with van der Waals surface area (Å²) in [6, 6.07) is 4.25. The first kappa shape index (κ1) is 17.9. The van der Waals surface area contributed by atoms with Crippen LogP contribution in [0.4, 0.5) is 5.69 Å². The van der Waals surface area contributed by atoms with Crippen LogP contribution in [-0.2, 0) is 26.8 Å². The van der Waals surface area contributed by atoms with Crippen molar-refractivity contribution in [1.82, 2.24) is 14.4 Å². The standard InChI is InChI=1S/C16H18N4O6S/c1-2-13-18-15(26-19-13)16(22)5-6-20(9-16)27(23,24)10-3-4-12-11(7-10)17-14(21)8-25-12/h3-4,7,22H,2,5-6,8-9H2,1H3,(H,17,21)/t16-/m1/s1. The van der Waals surface area contributed by atoms with E-state index in [4.69, 9.17) is 9.26 Å². The third-order valence-corrected chi connectivity index (χ3v) is 6.46. The Balaban J connectivity index is 1.60. The molecular weight excluding hydrogens is 376 g/mol. The van der Waals surface area contributed by atoms with Gasteiger partial charge >= 0.3 is 0 Å². The topological polar surface area (TPSA) is 135 Å². The van der Waals surface area contributed by atoms with Gasteiger partial charge in [-0.1, -0.05) is 12.1 Å². The molecule has 1 saturated heterocycles. The quantitative estimate of drug-likeness (QED) is 0.753. The van der Waals surface area contributed by atoms with Crippen LogP contribution in [0.1, 0.15) is 25.1 Å². The zero-order chi connectivity index (χ0) is 19.2. The van der Waals surface area contributed by atoms with E-state index in [1.54, 1.807) is 0 Å². The molecule has 4 rings (SSSR count). The van der Waals surface area contributed by atoms with E-state index in [9.17, 15) is 18.3 Å². The number of aromatic nitrogens is 2. The van der Waals surface area contributed by atoms with Crippen molar-refractivity contribution in [3.8, 4) is 5.75 Å². The van der Waals surface area contributed by atoms with Gasteiger partial charge in [-0.25, -0.2) is 8.42 Å². The molecule has 144 valence electrons. The number of amides is 1. The lowest BCUT2D eigenvalue weighted by Crippen LogP contribution is -2.35. The van der Waals surface area contributed by atoms with Crippen molar-refractivity contribution in [2.75, 3.05) is 25.0 Å². The van der Waals surface area contributed by atoms with Crippen molar-refractivity contribution < 1.29 is 27.6 Å². The number of sulfonamides is 1. The Morgan fingerprint density at radius 1 is 1.41 bits per heavy atom. The van der Waals surface area contributed by atoms with Crippen LogP contribution in [0, 0.1) is 0 Å². The number of nitrogens with one attached hydrogen (secondary N) is 1. The number of β-amino-alcohol motifs (C(OH)–C–C–N with tert-alkyl or cyclic N) is 1. The highest BCUT2D eigenvalue weighted by Crippen LogP contribution is 2.36. The molecule has 0 bridgehead atoms. The number of ether oxygens (including phenoxy) is 1. The summed E-state index contributed by atoms with van der Waals surface area (Å²) in [5.41, 5.74) is -1.23. The fourth-order valence-electron chi connectivity index (χ4n) is 3.10. The Kier molecular flexibility index (Phi) is 4.17. The molecule has 0 unspecified atom stereocenters. The molecule has 27 heavy (non-hydrogen) atoms. The van der Waals surface area contributed by atoms with Gasteiger partial charge in [0.15, 0.2) is 18.0 Å².